The molecule has 3 heteroatoms. The van der Waals surface area contributed by atoms with Crippen molar-refractivity contribution in [3.63, 3.8) is 0 Å². The van der Waals surface area contributed by atoms with E-state index < -0.39 is 0 Å². The van der Waals surface area contributed by atoms with E-state index in [0.29, 0.717) is 12.0 Å². The molecular weight excluding hydrogens is 210 g/mol. The van der Waals surface area contributed by atoms with Gasteiger partial charge in [-0.15, -0.1) is 0 Å². The number of hydrogen-bond donors (Lipinski definition) is 2. The van der Waals surface area contributed by atoms with Gasteiger partial charge in [-0.25, -0.2) is 4.98 Å². The first kappa shape index (κ1) is 10.5. The van der Waals surface area contributed by atoms with Crippen LogP contribution in [0.3, 0.4) is 0 Å². The minimum absolute atomic E-state index is 0.366. The Morgan fingerprint density at radius 2 is 1.94 bits per heavy atom. The van der Waals surface area contributed by atoms with Crippen LogP contribution in [-0.4, -0.2) is 16.0 Å². The number of nitrogens with one attached hydrogen (secondary N) is 1. The Bertz CT molecular complexity index is 510. The number of hydrogen-bond acceptors (Lipinski definition) is 2. The van der Waals surface area contributed by atoms with Gasteiger partial charge in [0.25, 0.3) is 0 Å². The van der Waals surface area contributed by atoms with Crippen LogP contribution in [0.25, 0.3) is 11.3 Å². The van der Waals surface area contributed by atoms with E-state index in [9.17, 15) is 0 Å². The number of rotatable bonds is 2. The Morgan fingerprint density at radius 3 is 2.59 bits per heavy atom. The summed E-state index contributed by atoms with van der Waals surface area (Å²) < 4.78 is 0. The predicted octanol–water partition coefficient (Wildman–Crippen LogP) is 2.59. The Kier molecular flexibility index (Phi) is 2.48. The Morgan fingerprint density at radius 1 is 1.24 bits per heavy atom. The number of benzene rings is 1. The average molecular weight is 227 g/mol. The summed E-state index contributed by atoms with van der Waals surface area (Å²) in [7, 11) is 0. The van der Waals surface area contributed by atoms with E-state index in [2.05, 4.69) is 24.0 Å². The van der Waals surface area contributed by atoms with E-state index in [0.717, 1.165) is 30.1 Å². The maximum absolute atomic E-state index is 5.82. The number of imidazole rings is 1. The van der Waals surface area contributed by atoms with Gasteiger partial charge in [-0.1, -0.05) is 30.3 Å². The lowest BCUT2D eigenvalue weighted by Crippen LogP contribution is -2.35. The van der Waals surface area contributed by atoms with E-state index in [4.69, 9.17) is 10.7 Å². The normalized spacial score (nSPS) is 23.4. The molecule has 1 aliphatic rings. The molecule has 0 unspecified atom stereocenters. The summed E-state index contributed by atoms with van der Waals surface area (Å²) in [4.78, 5) is 8.12. The second-order valence-corrected chi connectivity index (χ2v) is 4.89. The molecule has 0 atom stereocenters. The van der Waals surface area contributed by atoms with Crippen molar-refractivity contribution in [2.45, 2.75) is 31.7 Å². The Hall–Kier alpha value is -1.61. The van der Waals surface area contributed by atoms with E-state index >= 15 is 0 Å². The molecule has 2 aromatic rings. The summed E-state index contributed by atoms with van der Waals surface area (Å²) in [6.07, 6.45) is 2.11. The van der Waals surface area contributed by atoms with Crippen LogP contribution in [-0.2, 0) is 0 Å². The molecule has 0 radical (unpaired) electrons. The van der Waals surface area contributed by atoms with E-state index in [1.54, 1.807) is 0 Å². The molecule has 1 fully saturated rings. The summed E-state index contributed by atoms with van der Waals surface area (Å²) in [6.45, 7) is 2.08. The maximum atomic E-state index is 5.82. The van der Waals surface area contributed by atoms with Crippen LogP contribution in [0, 0.1) is 6.92 Å². The van der Waals surface area contributed by atoms with Gasteiger partial charge in [0.2, 0.25) is 0 Å². The summed E-state index contributed by atoms with van der Waals surface area (Å²) in [5.41, 5.74) is 9.21. The van der Waals surface area contributed by atoms with Crippen LogP contribution in [0.15, 0.2) is 30.3 Å². The highest BCUT2D eigenvalue weighted by atomic mass is 15.0. The lowest BCUT2D eigenvalue weighted by Gasteiger charge is -2.30. The van der Waals surface area contributed by atoms with Crippen LogP contribution in [0.1, 0.15) is 30.3 Å². The SMILES string of the molecule is Cc1[nH]c(C2CC(N)C2)nc1-c1ccccc1. The van der Waals surface area contributed by atoms with Crippen LogP contribution in [0.5, 0.6) is 0 Å². The maximum Gasteiger partial charge on any atom is 0.110 e. The van der Waals surface area contributed by atoms with Crippen molar-refractivity contribution in [3.05, 3.63) is 41.9 Å². The van der Waals surface area contributed by atoms with Crippen LogP contribution < -0.4 is 5.73 Å². The molecule has 0 aliphatic heterocycles. The molecule has 0 saturated heterocycles. The standard InChI is InChI=1S/C14H17N3/c1-9-13(10-5-3-2-4-6-10)17-14(16-9)11-7-12(15)8-11/h2-6,11-12H,7-8,15H2,1H3,(H,16,17). The van der Waals surface area contributed by atoms with Gasteiger partial charge in [0.15, 0.2) is 0 Å². The zero-order valence-corrected chi connectivity index (χ0v) is 9.98. The van der Waals surface area contributed by atoms with Crippen molar-refractivity contribution in [1.82, 2.24) is 9.97 Å². The molecule has 1 aromatic carbocycles. The quantitative estimate of drug-likeness (QED) is 0.828. The second-order valence-electron chi connectivity index (χ2n) is 4.89. The van der Waals surface area contributed by atoms with Gasteiger partial charge >= 0.3 is 0 Å². The fourth-order valence-corrected chi connectivity index (χ4v) is 2.44. The summed E-state index contributed by atoms with van der Waals surface area (Å²) in [5.74, 6) is 1.63. The molecule has 1 aromatic heterocycles. The number of aromatic amines is 1. The van der Waals surface area contributed by atoms with Gasteiger partial charge in [-0.05, 0) is 19.8 Å². The van der Waals surface area contributed by atoms with Crippen LogP contribution in [0.2, 0.25) is 0 Å². The van der Waals surface area contributed by atoms with Gasteiger partial charge in [0, 0.05) is 23.2 Å². The van der Waals surface area contributed by atoms with E-state index in [-0.39, 0.29) is 0 Å². The molecule has 88 valence electrons. The molecule has 17 heavy (non-hydrogen) atoms. The summed E-state index contributed by atoms with van der Waals surface area (Å²) >= 11 is 0. The number of nitrogens with zero attached hydrogens (tertiary/aromatic N) is 1. The Labute approximate surface area is 101 Å². The highest BCUT2D eigenvalue weighted by Gasteiger charge is 2.30. The molecule has 1 saturated carbocycles. The minimum atomic E-state index is 0.366. The summed E-state index contributed by atoms with van der Waals surface area (Å²) in [5, 5.41) is 0. The molecule has 3 rings (SSSR count). The molecule has 1 aliphatic carbocycles. The second kappa shape index (κ2) is 4.00. The highest BCUT2D eigenvalue weighted by molar-refractivity contribution is 5.61. The van der Waals surface area contributed by atoms with Gasteiger partial charge < -0.3 is 10.7 Å². The molecule has 1 heterocycles. The van der Waals surface area contributed by atoms with Crippen molar-refractivity contribution in [1.29, 1.82) is 0 Å². The minimum Gasteiger partial charge on any atom is -0.345 e. The highest BCUT2D eigenvalue weighted by Crippen LogP contribution is 2.35. The Balaban J connectivity index is 1.91. The van der Waals surface area contributed by atoms with Crippen LogP contribution >= 0.6 is 0 Å². The first-order valence-corrected chi connectivity index (χ1v) is 6.11. The largest absolute Gasteiger partial charge is 0.345 e. The molecule has 3 N–H and O–H groups in total. The number of aryl methyl sites for hydroxylation is 1. The van der Waals surface area contributed by atoms with Crippen molar-refractivity contribution in [2.24, 2.45) is 5.73 Å². The zero-order chi connectivity index (χ0) is 11.8. The third-order valence-electron chi connectivity index (χ3n) is 3.51. The average Bonchev–Trinajstić information content (AvgIpc) is 2.68. The predicted molar refractivity (Wildman–Crippen MR) is 68.7 cm³/mol. The molecular formula is C14H17N3. The van der Waals surface area contributed by atoms with Crippen molar-refractivity contribution < 1.29 is 0 Å². The van der Waals surface area contributed by atoms with Gasteiger partial charge in [-0.2, -0.15) is 0 Å². The first-order chi connectivity index (χ1) is 8.24. The van der Waals surface area contributed by atoms with Gasteiger partial charge in [0.1, 0.15) is 5.82 Å². The van der Waals surface area contributed by atoms with Crippen molar-refractivity contribution in [2.75, 3.05) is 0 Å². The van der Waals surface area contributed by atoms with E-state index in [1.807, 2.05) is 18.2 Å². The van der Waals surface area contributed by atoms with Crippen LogP contribution in [0.4, 0.5) is 0 Å². The molecule has 3 nitrogen and oxygen atoms in total. The lowest BCUT2D eigenvalue weighted by atomic mass is 9.80. The smallest absolute Gasteiger partial charge is 0.110 e. The van der Waals surface area contributed by atoms with Gasteiger partial charge in [-0.3, -0.25) is 0 Å². The summed E-state index contributed by atoms with van der Waals surface area (Å²) in [6, 6.07) is 10.7. The molecule has 0 bridgehead atoms. The monoisotopic (exact) mass is 227 g/mol. The van der Waals surface area contributed by atoms with Crippen molar-refractivity contribution >= 4 is 0 Å². The lowest BCUT2D eigenvalue weighted by molar-refractivity contribution is 0.340. The van der Waals surface area contributed by atoms with Crippen molar-refractivity contribution in [3.8, 4) is 11.3 Å². The molecule has 0 spiro atoms. The molecule has 0 amide bonds. The van der Waals surface area contributed by atoms with Gasteiger partial charge in [0.05, 0.1) is 5.69 Å². The zero-order valence-electron chi connectivity index (χ0n) is 9.98. The first-order valence-electron chi connectivity index (χ1n) is 6.11. The van der Waals surface area contributed by atoms with E-state index in [1.165, 1.54) is 5.56 Å². The number of H-pyrrole nitrogens is 1. The topological polar surface area (TPSA) is 54.7 Å². The third kappa shape index (κ3) is 1.87. The third-order valence-corrected chi connectivity index (χ3v) is 3.51. The number of nitrogens with two attached hydrogens (primary N) is 1. The number of aromatic nitrogens is 2. The fourth-order valence-electron chi connectivity index (χ4n) is 2.44. The fraction of sp³-hybridized carbons (Fsp3) is 0.357.